The molecule has 24 heavy (non-hydrogen) atoms. The second-order valence-electron chi connectivity index (χ2n) is 4.63. The smallest absolute Gasteiger partial charge is 0.343 e. The number of rotatable bonds is 7. The van der Waals surface area contributed by atoms with Gasteiger partial charge in [0.15, 0.2) is 18.1 Å². The van der Waals surface area contributed by atoms with Crippen molar-refractivity contribution in [3.05, 3.63) is 53.1 Å². The molecule has 0 atom stereocenters. The number of hydrogen-bond acceptors (Lipinski definition) is 6. The van der Waals surface area contributed by atoms with Crippen LogP contribution in [0.25, 0.3) is 0 Å². The number of nitrogens with one attached hydrogen (secondary N) is 1. The highest BCUT2D eigenvalue weighted by atomic mass is 35.5. The number of esters is 1. The Morgan fingerprint density at radius 1 is 1.25 bits per heavy atom. The maximum absolute atomic E-state index is 11.2. The third-order valence-electron chi connectivity index (χ3n) is 2.99. The first-order chi connectivity index (χ1) is 11.6. The fourth-order valence-electron chi connectivity index (χ4n) is 1.84. The van der Waals surface area contributed by atoms with Gasteiger partial charge in [-0.05, 0) is 29.8 Å². The summed E-state index contributed by atoms with van der Waals surface area (Å²) < 4.78 is 15.1. The van der Waals surface area contributed by atoms with Crippen LogP contribution in [-0.2, 0) is 9.53 Å². The molecule has 0 spiro atoms. The molecule has 0 aliphatic carbocycles. The van der Waals surface area contributed by atoms with E-state index in [2.05, 4.69) is 15.3 Å². The van der Waals surface area contributed by atoms with Crippen LogP contribution in [0.4, 0.5) is 5.69 Å². The van der Waals surface area contributed by atoms with E-state index in [9.17, 15) is 4.79 Å². The summed E-state index contributed by atoms with van der Waals surface area (Å²) >= 11 is 6.20. The largest absolute Gasteiger partial charge is 0.493 e. The minimum atomic E-state index is -0.509. The van der Waals surface area contributed by atoms with E-state index in [1.165, 1.54) is 14.2 Å². The number of halogens is 1. The Bertz CT molecular complexity index is 720. The van der Waals surface area contributed by atoms with Crippen LogP contribution in [-0.4, -0.2) is 33.0 Å². The van der Waals surface area contributed by atoms with Gasteiger partial charge in [-0.1, -0.05) is 29.8 Å². The lowest BCUT2D eigenvalue weighted by Gasteiger charge is -2.12. The van der Waals surface area contributed by atoms with Crippen LogP contribution < -0.4 is 14.9 Å². The monoisotopic (exact) mass is 348 g/mol. The first-order valence-electron chi connectivity index (χ1n) is 7.05. The molecule has 0 radical (unpaired) electrons. The Balaban J connectivity index is 2.11. The van der Waals surface area contributed by atoms with Crippen molar-refractivity contribution in [1.29, 1.82) is 0 Å². The highest BCUT2D eigenvalue weighted by Crippen LogP contribution is 2.36. The molecule has 2 aromatic carbocycles. The summed E-state index contributed by atoms with van der Waals surface area (Å²) in [5, 5.41) is 4.45. The van der Waals surface area contributed by atoms with Crippen LogP contribution in [0, 0.1) is 0 Å². The summed E-state index contributed by atoms with van der Waals surface area (Å²) in [6, 6.07) is 12.9. The van der Waals surface area contributed by atoms with Crippen LogP contribution in [0.15, 0.2) is 47.6 Å². The molecule has 0 fully saturated rings. The molecule has 0 unspecified atom stereocenters. The second kappa shape index (κ2) is 8.79. The molecule has 7 heteroatoms. The SMILES string of the molecule is COC(=O)COc1c(Cl)cc(C=NNc2ccccc2)cc1OC. The lowest BCUT2D eigenvalue weighted by Crippen LogP contribution is -2.13. The Kier molecular flexibility index (Phi) is 6.45. The summed E-state index contributed by atoms with van der Waals surface area (Å²) in [5.74, 6) is 0.163. The highest BCUT2D eigenvalue weighted by Gasteiger charge is 2.13. The molecule has 2 rings (SSSR count). The summed E-state index contributed by atoms with van der Waals surface area (Å²) in [6.07, 6.45) is 1.60. The molecule has 0 saturated heterocycles. The Hall–Kier alpha value is -2.73. The van der Waals surface area contributed by atoms with E-state index in [1.807, 2.05) is 30.3 Å². The zero-order valence-electron chi connectivity index (χ0n) is 13.3. The number of benzene rings is 2. The molecule has 0 aliphatic heterocycles. The lowest BCUT2D eigenvalue weighted by molar-refractivity contribution is -0.142. The lowest BCUT2D eigenvalue weighted by atomic mass is 10.2. The number of para-hydroxylation sites is 1. The van der Waals surface area contributed by atoms with E-state index >= 15 is 0 Å². The summed E-state index contributed by atoms with van der Waals surface area (Å²) in [4.78, 5) is 11.2. The first kappa shape index (κ1) is 17.6. The maximum atomic E-state index is 11.2. The van der Waals surface area contributed by atoms with Crippen molar-refractivity contribution in [3.8, 4) is 11.5 Å². The molecule has 126 valence electrons. The van der Waals surface area contributed by atoms with Crippen molar-refractivity contribution in [1.82, 2.24) is 0 Å². The fourth-order valence-corrected chi connectivity index (χ4v) is 2.11. The van der Waals surface area contributed by atoms with Gasteiger partial charge < -0.3 is 14.2 Å². The van der Waals surface area contributed by atoms with E-state index < -0.39 is 5.97 Å². The molecule has 2 aromatic rings. The van der Waals surface area contributed by atoms with Gasteiger partial charge >= 0.3 is 5.97 Å². The summed E-state index contributed by atoms with van der Waals surface area (Å²) in [7, 11) is 2.77. The average Bonchev–Trinajstić information content (AvgIpc) is 2.61. The molecule has 0 aliphatic rings. The van der Waals surface area contributed by atoms with Crippen LogP contribution >= 0.6 is 11.6 Å². The molecular weight excluding hydrogens is 332 g/mol. The summed E-state index contributed by atoms with van der Waals surface area (Å²) in [6.45, 7) is -0.254. The molecule has 0 amide bonds. The number of carbonyl (C=O) groups excluding carboxylic acids is 1. The number of carbonyl (C=O) groups is 1. The topological polar surface area (TPSA) is 69.2 Å². The number of nitrogens with zero attached hydrogens (tertiary/aromatic N) is 1. The van der Waals surface area contributed by atoms with Crippen molar-refractivity contribution in [2.24, 2.45) is 5.10 Å². The van der Waals surface area contributed by atoms with Crippen molar-refractivity contribution in [2.75, 3.05) is 26.3 Å². The van der Waals surface area contributed by atoms with Gasteiger partial charge in [0.25, 0.3) is 0 Å². The van der Waals surface area contributed by atoms with Crippen LogP contribution in [0.3, 0.4) is 0 Å². The van der Waals surface area contributed by atoms with Crippen molar-refractivity contribution in [3.63, 3.8) is 0 Å². The van der Waals surface area contributed by atoms with Crippen molar-refractivity contribution in [2.45, 2.75) is 0 Å². The van der Waals surface area contributed by atoms with Crippen LogP contribution in [0.2, 0.25) is 5.02 Å². The molecule has 0 aromatic heterocycles. The Labute approximate surface area is 145 Å². The fraction of sp³-hybridized carbons (Fsp3) is 0.176. The van der Waals surface area contributed by atoms with E-state index in [1.54, 1.807) is 18.3 Å². The molecular formula is C17H17ClN2O4. The van der Waals surface area contributed by atoms with Gasteiger partial charge in [0.2, 0.25) is 0 Å². The van der Waals surface area contributed by atoms with E-state index in [0.29, 0.717) is 16.3 Å². The minimum absolute atomic E-state index is 0.254. The third-order valence-corrected chi connectivity index (χ3v) is 3.28. The normalized spacial score (nSPS) is 10.5. The predicted octanol–water partition coefficient (Wildman–Crippen LogP) is 3.35. The number of methoxy groups -OCH3 is 2. The van der Waals surface area contributed by atoms with Gasteiger partial charge in [-0.3, -0.25) is 5.43 Å². The molecule has 6 nitrogen and oxygen atoms in total. The molecule has 0 heterocycles. The van der Waals surface area contributed by atoms with Gasteiger partial charge in [-0.25, -0.2) is 4.79 Å². The Morgan fingerprint density at radius 2 is 2.00 bits per heavy atom. The molecule has 1 N–H and O–H groups in total. The highest BCUT2D eigenvalue weighted by molar-refractivity contribution is 6.32. The predicted molar refractivity (Wildman–Crippen MR) is 93.2 cm³/mol. The second-order valence-corrected chi connectivity index (χ2v) is 5.04. The van der Waals surface area contributed by atoms with E-state index in [0.717, 1.165) is 5.69 Å². The maximum Gasteiger partial charge on any atom is 0.343 e. The third kappa shape index (κ3) is 4.89. The van der Waals surface area contributed by atoms with Gasteiger partial charge in [0.1, 0.15) is 0 Å². The zero-order valence-corrected chi connectivity index (χ0v) is 14.0. The zero-order chi connectivity index (χ0) is 17.4. The first-order valence-corrected chi connectivity index (χ1v) is 7.43. The van der Waals surface area contributed by atoms with Gasteiger partial charge in [-0.15, -0.1) is 0 Å². The number of hydrazone groups is 1. The van der Waals surface area contributed by atoms with Crippen molar-refractivity contribution < 1.29 is 19.0 Å². The Morgan fingerprint density at radius 3 is 2.67 bits per heavy atom. The summed E-state index contributed by atoms with van der Waals surface area (Å²) in [5.41, 5.74) is 4.48. The van der Waals surface area contributed by atoms with Gasteiger partial charge in [0.05, 0.1) is 31.1 Å². The van der Waals surface area contributed by atoms with Crippen LogP contribution in [0.5, 0.6) is 11.5 Å². The standard InChI is InChI=1S/C17H17ClN2O4/c1-22-15-9-12(10-19-20-13-6-4-3-5-7-13)8-14(18)17(15)24-11-16(21)23-2/h3-10,20H,11H2,1-2H3. The van der Waals surface area contributed by atoms with Crippen molar-refractivity contribution >= 4 is 29.5 Å². The van der Waals surface area contributed by atoms with Gasteiger partial charge in [0, 0.05) is 0 Å². The molecule has 0 bridgehead atoms. The molecule has 0 saturated carbocycles. The van der Waals surface area contributed by atoms with Gasteiger partial charge in [-0.2, -0.15) is 5.10 Å². The minimum Gasteiger partial charge on any atom is -0.493 e. The van der Waals surface area contributed by atoms with Crippen LogP contribution in [0.1, 0.15) is 5.56 Å². The van der Waals surface area contributed by atoms with E-state index in [-0.39, 0.29) is 12.4 Å². The van der Waals surface area contributed by atoms with E-state index in [4.69, 9.17) is 21.1 Å². The average molecular weight is 349 g/mol. The number of hydrogen-bond donors (Lipinski definition) is 1. The number of ether oxygens (including phenoxy) is 3. The quantitative estimate of drug-likeness (QED) is 0.472. The number of anilines is 1.